The second-order valence-electron chi connectivity index (χ2n) is 4.57. The van der Waals surface area contributed by atoms with E-state index in [-0.39, 0.29) is 6.04 Å². The number of hydrogen-bond acceptors (Lipinski definition) is 2. The van der Waals surface area contributed by atoms with Crippen LogP contribution in [0.25, 0.3) is 0 Å². The summed E-state index contributed by atoms with van der Waals surface area (Å²) in [5, 5.41) is 0. The predicted octanol–water partition coefficient (Wildman–Crippen LogP) is 3.75. The highest BCUT2D eigenvalue weighted by Crippen LogP contribution is 2.16. The summed E-state index contributed by atoms with van der Waals surface area (Å²) in [5.74, 6) is 0. The van der Waals surface area contributed by atoms with E-state index in [1.807, 2.05) is 12.3 Å². The van der Waals surface area contributed by atoms with Crippen LogP contribution in [0.2, 0.25) is 0 Å². The third-order valence-electron chi connectivity index (χ3n) is 2.94. The zero-order valence-corrected chi connectivity index (χ0v) is 10.6. The van der Waals surface area contributed by atoms with E-state index in [0.717, 1.165) is 12.1 Å². The van der Waals surface area contributed by atoms with Crippen molar-refractivity contribution in [1.29, 1.82) is 0 Å². The maximum Gasteiger partial charge on any atom is 0.0573 e. The molecule has 0 amide bonds. The molecule has 1 aromatic rings. The highest BCUT2D eigenvalue weighted by molar-refractivity contribution is 5.16. The lowest BCUT2D eigenvalue weighted by atomic mass is 10.0. The second-order valence-corrected chi connectivity index (χ2v) is 4.57. The van der Waals surface area contributed by atoms with Crippen molar-refractivity contribution in [3.8, 4) is 0 Å². The number of nitrogens with two attached hydrogens (primary N) is 1. The Morgan fingerprint density at radius 2 is 2.00 bits per heavy atom. The third-order valence-corrected chi connectivity index (χ3v) is 2.94. The zero-order chi connectivity index (χ0) is 11.8. The van der Waals surface area contributed by atoms with Crippen LogP contribution in [0.5, 0.6) is 0 Å². The molecule has 0 aliphatic heterocycles. The van der Waals surface area contributed by atoms with E-state index in [4.69, 9.17) is 5.73 Å². The summed E-state index contributed by atoms with van der Waals surface area (Å²) in [4.78, 5) is 4.33. The van der Waals surface area contributed by atoms with Crippen LogP contribution in [0.3, 0.4) is 0 Å². The minimum Gasteiger partial charge on any atom is -0.323 e. The first kappa shape index (κ1) is 13.2. The predicted molar refractivity (Wildman–Crippen MR) is 69.3 cm³/mol. The summed E-state index contributed by atoms with van der Waals surface area (Å²) in [6.07, 6.45) is 9.40. The molecule has 0 aromatic carbocycles. The van der Waals surface area contributed by atoms with Gasteiger partial charge in [0.05, 0.1) is 5.69 Å². The minimum absolute atomic E-state index is 0.113. The quantitative estimate of drug-likeness (QED) is 0.711. The molecule has 2 N–H and O–H groups in total. The van der Waals surface area contributed by atoms with E-state index >= 15 is 0 Å². The lowest BCUT2D eigenvalue weighted by molar-refractivity contribution is 0.548. The average molecular weight is 220 g/mol. The lowest BCUT2D eigenvalue weighted by Crippen LogP contribution is -2.11. The molecular formula is C14H24N2. The van der Waals surface area contributed by atoms with Crippen molar-refractivity contribution < 1.29 is 0 Å². The van der Waals surface area contributed by atoms with Crippen LogP contribution in [0, 0.1) is 6.92 Å². The molecule has 16 heavy (non-hydrogen) atoms. The van der Waals surface area contributed by atoms with Crippen molar-refractivity contribution in [3.05, 3.63) is 29.6 Å². The van der Waals surface area contributed by atoms with E-state index in [0.29, 0.717) is 0 Å². The third kappa shape index (κ3) is 4.75. The van der Waals surface area contributed by atoms with Crippen LogP contribution in [0.15, 0.2) is 18.3 Å². The van der Waals surface area contributed by atoms with Crippen molar-refractivity contribution in [2.24, 2.45) is 5.73 Å². The molecule has 2 nitrogen and oxygen atoms in total. The summed E-state index contributed by atoms with van der Waals surface area (Å²) in [6.45, 7) is 4.32. The van der Waals surface area contributed by atoms with Gasteiger partial charge in [-0.25, -0.2) is 0 Å². The smallest absolute Gasteiger partial charge is 0.0573 e. The molecule has 0 bridgehead atoms. The number of nitrogens with zero attached hydrogens (tertiary/aromatic N) is 1. The topological polar surface area (TPSA) is 38.9 Å². The minimum atomic E-state index is 0.113. The van der Waals surface area contributed by atoms with Crippen LogP contribution in [-0.2, 0) is 0 Å². The Morgan fingerprint density at radius 1 is 1.25 bits per heavy atom. The molecule has 2 heteroatoms. The van der Waals surface area contributed by atoms with Crippen molar-refractivity contribution in [2.75, 3.05) is 0 Å². The second kappa shape index (κ2) is 7.39. The molecule has 0 aliphatic carbocycles. The summed E-state index contributed by atoms with van der Waals surface area (Å²) in [6, 6.07) is 4.22. The summed E-state index contributed by atoms with van der Waals surface area (Å²) in [7, 11) is 0. The molecule has 1 heterocycles. The number of pyridine rings is 1. The standard InChI is InChI=1S/C14H24N2/c1-3-4-5-6-7-8-13(15)14-11-12(2)9-10-16-14/h9-11,13H,3-8,15H2,1-2H3. The van der Waals surface area contributed by atoms with Crippen LogP contribution in [0.4, 0.5) is 0 Å². The molecule has 1 atom stereocenters. The zero-order valence-electron chi connectivity index (χ0n) is 10.6. The average Bonchev–Trinajstić information content (AvgIpc) is 2.28. The summed E-state index contributed by atoms with van der Waals surface area (Å²) in [5.41, 5.74) is 8.40. The fraction of sp³-hybridized carbons (Fsp3) is 0.643. The van der Waals surface area contributed by atoms with Crippen molar-refractivity contribution in [2.45, 2.75) is 58.4 Å². The fourth-order valence-electron chi connectivity index (χ4n) is 1.88. The van der Waals surface area contributed by atoms with Crippen molar-refractivity contribution >= 4 is 0 Å². The van der Waals surface area contributed by atoms with E-state index in [1.54, 1.807) is 0 Å². The number of aryl methyl sites for hydroxylation is 1. The van der Waals surface area contributed by atoms with Crippen molar-refractivity contribution in [1.82, 2.24) is 4.98 Å². The van der Waals surface area contributed by atoms with Gasteiger partial charge in [-0.05, 0) is 31.0 Å². The SMILES string of the molecule is CCCCCCCC(N)c1cc(C)ccn1. The first-order chi connectivity index (χ1) is 7.74. The van der Waals surface area contributed by atoms with Gasteiger partial charge in [0.25, 0.3) is 0 Å². The van der Waals surface area contributed by atoms with E-state index in [1.165, 1.54) is 37.7 Å². The van der Waals surface area contributed by atoms with Gasteiger partial charge in [0, 0.05) is 12.2 Å². The van der Waals surface area contributed by atoms with Gasteiger partial charge in [-0.1, -0.05) is 39.0 Å². The number of unbranched alkanes of at least 4 members (excludes halogenated alkanes) is 4. The molecule has 0 fully saturated rings. The van der Waals surface area contributed by atoms with Crippen molar-refractivity contribution in [3.63, 3.8) is 0 Å². The van der Waals surface area contributed by atoms with Gasteiger partial charge < -0.3 is 5.73 Å². The lowest BCUT2D eigenvalue weighted by Gasteiger charge is -2.11. The van der Waals surface area contributed by atoms with E-state index < -0.39 is 0 Å². The fourth-order valence-corrected chi connectivity index (χ4v) is 1.88. The van der Waals surface area contributed by atoms with Crippen LogP contribution >= 0.6 is 0 Å². The van der Waals surface area contributed by atoms with Crippen LogP contribution in [-0.4, -0.2) is 4.98 Å². The maximum absolute atomic E-state index is 6.12. The highest BCUT2D eigenvalue weighted by atomic mass is 14.8. The Labute approximate surface area is 99.3 Å². The molecule has 0 saturated carbocycles. The summed E-state index contributed by atoms with van der Waals surface area (Å²) < 4.78 is 0. The number of hydrogen-bond donors (Lipinski definition) is 1. The Morgan fingerprint density at radius 3 is 2.69 bits per heavy atom. The Bertz CT molecular complexity index is 297. The number of aromatic nitrogens is 1. The molecular weight excluding hydrogens is 196 g/mol. The van der Waals surface area contributed by atoms with Gasteiger partial charge in [-0.2, -0.15) is 0 Å². The van der Waals surface area contributed by atoms with E-state index in [9.17, 15) is 0 Å². The largest absolute Gasteiger partial charge is 0.323 e. The van der Waals surface area contributed by atoms with Gasteiger partial charge in [-0.3, -0.25) is 4.98 Å². The molecule has 1 rings (SSSR count). The molecule has 0 aliphatic rings. The van der Waals surface area contributed by atoms with Gasteiger partial charge in [0.15, 0.2) is 0 Å². The highest BCUT2D eigenvalue weighted by Gasteiger charge is 2.06. The normalized spacial score (nSPS) is 12.7. The molecule has 0 radical (unpaired) electrons. The first-order valence-corrected chi connectivity index (χ1v) is 6.42. The maximum atomic E-state index is 6.12. The van der Waals surface area contributed by atoms with Gasteiger partial charge in [0.1, 0.15) is 0 Å². The monoisotopic (exact) mass is 220 g/mol. The van der Waals surface area contributed by atoms with Gasteiger partial charge in [-0.15, -0.1) is 0 Å². The summed E-state index contributed by atoms with van der Waals surface area (Å²) >= 11 is 0. The van der Waals surface area contributed by atoms with E-state index in [2.05, 4.69) is 24.9 Å². The Kier molecular flexibility index (Phi) is 6.09. The Balaban J connectivity index is 2.27. The van der Waals surface area contributed by atoms with Crippen LogP contribution < -0.4 is 5.73 Å². The molecule has 90 valence electrons. The van der Waals surface area contributed by atoms with Gasteiger partial charge >= 0.3 is 0 Å². The first-order valence-electron chi connectivity index (χ1n) is 6.42. The molecule has 1 aromatic heterocycles. The Hall–Kier alpha value is -0.890. The number of rotatable bonds is 7. The van der Waals surface area contributed by atoms with Gasteiger partial charge in [0.2, 0.25) is 0 Å². The molecule has 1 unspecified atom stereocenters. The molecule has 0 spiro atoms. The molecule has 0 saturated heterocycles. The van der Waals surface area contributed by atoms with Crippen LogP contribution in [0.1, 0.15) is 62.7 Å².